The van der Waals surface area contributed by atoms with E-state index >= 15 is 0 Å². The van der Waals surface area contributed by atoms with Gasteiger partial charge in [0.1, 0.15) is 11.6 Å². The van der Waals surface area contributed by atoms with E-state index in [1.54, 1.807) is 14.2 Å². The summed E-state index contributed by atoms with van der Waals surface area (Å²) in [6.07, 6.45) is 1.54. The number of hydrogen-bond donors (Lipinski definition) is 0. The van der Waals surface area contributed by atoms with E-state index in [9.17, 15) is 4.79 Å². The van der Waals surface area contributed by atoms with Gasteiger partial charge in [-0.1, -0.05) is 42.0 Å². The van der Waals surface area contributed by atoms with Crippen LogP contribution in [0.2, 0.25) is 0 Å². The number of hydrogen-bond acceptors (Lipinski definition) is 9. The second-order valence-corrected chi connectivity index (χ2v) is 11.4. The van der Waals surface area contributed by atoms with Crippen molar-refractivity contribution in [2.75, 3.05) is 63.4 Å². The molecule has 0 amide bonds. The summed E-state index contributed by atoms with van der Waals surface area (Å²) >= 11 is 0. The summed E-state index contributed by atoms with van der Waals surface area (Å²) in [5.74, 6) is 3.52. The first-order valence-corrected chi connectivity index (χ1v) is 15.1. The van der Waals surface area contributed by atoms with E-state index in [4.69, 9.17) is 29.2 Å². The predicted molar refractivity (Wildman–Crippen MR) is 172 cm³/mol. The molecule has 0 spiro atoms. The number of anilines is 2. The molecular weight excluding hydrogens is 556 g/mol. The highest BCUT2D eigenvalue weighted by molar-refractivity contribution is 5.93. The second kappa shape index (κ2) is 11.8. The maximum atomic E-state index is 14.1. The lowest BCUT2D eigenvalue weighted by Crippen LogP contribution is -2.40. The largest absolute Gasteiger partial charge is 0.493 e. The van der Waals surface area contributed by atoms with Crippen molar-refractivity contribution in [2.45, 2.75) is 25.8 Å². The fraction of sp³-hybridized carbons (Fsp3) is 0.353. The number of aromatic nitrogens is 4. The maximum absolute atomic E-state index is 14.1. The molecule has 2 aliphatic heterocycles. The summed E-state index contributed by atoms with van der Waals surface area (Å²) in [5, 5.41) is 1.56. The topological polar surface area (TPSA) is 94.8 Å². The van der Waals surface area contributed by atoms with Gasteiger partial charge in [-0.05, 0) is 38.0 Å². The molecule has 2 fully saturated rings. The van der Waals surface area contributed by atoms with Gasteiger partial charge < -0.3 is 24.0 Å². The molecule has 3 aromatic carbocycles. The van der Waals surface area contributed by atoms with Crippen molar-refractivity contribution in [1.82, 2.24) is 19.5 Å². The van der Waals surface area contributed by atoms with E-state index in [-0.39, 0.29) is 11.6 Å². The average molecular weight is 593 g/mol. The van der Waals surface area contributed by atoms with E-state index in [0.29, 0.717) is 41.9 Å². The first kappa shape index (κ1) is 28.1. The fourth-order valence-electron chi connectivity index (χ4n) is 6.35. The summed E-state index contributed by atoms with van der Waals surface area (Å²) in [6.45, 7) is 6.21. The monoisotopic (exact) mass is 592 g/mol. The quantitative estimate of drug-likeness (QED) is 0.270. The average Bonchev–Trinajstić information content (AvgIpc) is 3.08. The summed E-state index contributed by atoms with van der Waals surface area (Å²) in [4.78, 5) is 33.7. The first-order valence-electron chi connectivity index (χ1n) is 15.1. The lowest BCUT2D eigenvalue weighted by Gasteiger charge is -2.36. The third-order valence-electron chi connectivity index (χ3n) is 8.68. The number of ether oxygens (including phenoxy) is 3. The van der Waals surface area contributed by atoms with Gasteiger partial charge in [0.05, 0.1) is 43.9 Å². The van der Waals surface area contributed by atoms with E-state index in [0.717, 1.165) is 72.4 Å². The molecule has 226 valence electrons. The Labute approximate surface area is 255 Å². The Morgan fingerprint density at radius 3 is 2.23 bits per heavy atom. The van der Waals surface area contributed by atoms with E-state index in [2.05, 4.69) is 9.80 Å². The number of fused-ring (bicyclic) bond motifs is 2. The Bertz CT molecular complexity index is 1880. The van der Waals surface area contributed by atoms with Crippen molar-refractivity contribution in [3.63, 3.8) is 0 Å². The standard InChI is InChI=1S/C34H36N6O4/c1-22-9-10-27-26(19-22)33(41)40(31(35-27)23-7-5-4-6-8-23)24-11-13-38(14-12-24)32-25-20-29(42-2)30(43-3)21-28(25)36-34(37-32)39-15-17-44-18-16-39/h4-10,19-21,24H,11-18H2,1-3H3. The number of piperidine rings is 1. The fourth-order valence-corrected chi connectivity index (χ4v) is 6.35. The van der Waals surface area contributed by atoms with Crippen molar-refractivity contribution in [3.05, 3.63) is 76.6 Å². The molecule has 0 atom stereocenters. The molecule has 5 aromatic rings. The molecule has 0 bridgehead atoms. The van der Waals surface area contributed by atoms with Crippen LogP contribution in [0.15, 0.2) is 65.5 Å². The summed E-state index contributed by atoms with van der Waals surface area (Å²) < 4.78 is 18.8. The highest BCUT2D eigenvalue weighted by atomic mass is 16.5. The van der Waals surface area contributed by atoms with Gasteiger partial charge in [-0.25, -0.2) is 9.97 Å². The van der Waals surface area contributed by atoms with E-state index < -0.39 is 0 Å². The molecule has 4 heterocycles. The zero-order valence-electron chi connectivity index (χ0n) is 25.3. The van der Waals surface area contributed by atoms with Gasteiger partial charge >= 0.3 is 0 Å². The highest BCUT2D eigenvalue weighted by Gasteiger charge is 2.28. The van der Waals surface area contributed by atoms with Gasteiger partial charge in [0, 0.05) is 49.2 Å². The number of nitrogens with zero attached hydrogens (tertiary/aromatic N) is 6. The molecule has 0 saturated carbocycles. The van der Waals surface area contributed by atoms with E-state index in [1.807, 2.05) is 72.2 Å². The van der Waals surface area contributed by atoms with Gasteiger partial charge in [0.15, 0.2) is 11.5 Å². The van der Waals surface area contributed by atoms with Crippen molar-refractivity contribution in [3.8, 4) is 22.9 Å². The molecule has 10 heteroatoms. The van der Waals surface area contributed by atoms with Crippen molar-refractivity contribution >= 4 is 33.6 Å². The third-order valence-corrected chi connectivity index (χ3v) is 8.68. The summed E-state index contributed by atoms with van der Waals surface area (Å²) in [6, 6.07) is 19.8. The minimum Gasteiger partial charge on any atom is -0.493 e. The molecule has 10 nitrogen and oxygen atoms in total. The van der Waals surface area contributed by atoms with Crippen LogP contribution in [-0.2, 0) is 4.74 Å². The highest BCUT2D eigenvalue weighted by Crippen LogP contribution is 2.38. The molecule has 2 saturated heterocycles. The Balaban J connectivity index is 1.27. The zero-order chi connectivity index (χ0) is 30.2. The van der Waals surface area contributed by atoms with Crippen LogP contribution >= 0.6 is 0 Å². The van der Waals surface area contributed by atoms with Gasteiger partial charge in [0.25, 0.3) is 5.56 Å². The van der Waals surface area contributed by atoms with Crippen LogP contribution in [0.4, 0.5) is 11.8 Å². The van der Waals surface area contributed by atoms with Crippen LogP contribution in [0.3, 0.4) is 0 Å². The summed E-state index contributed by atoms with van der Waals surface area (Å²) in [7, 11) is 3.27. The minimum atomic E-state index is -0.00665. The molecule has 7 rings (SSSR count). The number of methoxy groups -OCH3 is 2. The molecule has 2 aliphatic rings. The number of rotatable bonds is 6. The first-order chi connectivity index (χ1) is 21.5. The number of morpholine rings is 1. The van der Waals surface area contributed by atoms with Crippen LogP contribution < -0.4 is 24.8 Å². The molecule has 0 radical (unpaired) electrons. The van der Waals surface area contributed by atoms with Crippen molar-refractivity contribution < 1.29 is 14.2 Å². The van der Waals surface area contributed by atoms with Crippen molar-refractivity contribution in [2.24, 2.45) is 0 Å². The van der Waals surface area contributed by atoms with Crippen molar-refractivity contribution in [1.29, 1.82) is 0 Å². The molecule has 0 aliphatic carbocycles. The lowest BCUT2D eigenvalue weighted by molar-refractivity contribution is 0.122. The SMILES string of the molecule is COc1cc2nc(N3CCOCC3)nc(N3CCC(n4c(-c5ccccc5)nc5ccc(C)cc5c4=O)CC3)c2cc1OC. The predicted octanol–water partition coefficient (Wildman–Crippen LogP) is 5.01. The van der Waals surface area contributed by atoms with Crippen LogP contribution in [0.25, 0.3) is 33.2 Å². The molecule has 0 N–H and O–H groups in total. The molecule has 0 unspecified atom stereocenters. The molecule has 44 heavy (non-hydrogen) atoms. The Hall–Kier alpha value is -4.70. The normalized spacial score (nSPS) is 16.1. The van der Waals surface area contributed by atoms with Gasteiger partial charge in [-0.2, -0.15) is 4.98 Å². The van der Waals surface area contributed by atoms with Crippen LogP contribution in [-0.4, -0.2) is 73.1 Å². The summed E-state index contributed by atoms with van der Waals surface area (Å²) in [5.41, 5.74) is 3.51. The number of benzene rings is 3. The molecular formula is C34H36N6O4. The number of aryl methyl sites for hydroxylation is 1. The maximum Gasteiger partial charge on any atom is 0.261 e. The van der Waals surface area contributed by atoms with Gasteiger partial charge in [-0.15, -0.1) is 0 Å². The van der Waals surface area contributed by atoms with Crippen LogP contribution in [0.1, 0.15) is 24.4 Å². The van der Waals surface area contributed by atoms with Crippen LogP contribution in [0.5, 0.6) is 11.5 Å². The van der Waals surface area contributed by atoms with E-state index in [1.165, 1.54) is 0 Å². The minimum absolute atomic E-state index is 0.00665. The smallest absolute Gasteiger partial charge is 0.261 e. The zero-order valence-corrected chi connectivity index (χ0v) is 25.3. The third kappa shape index (κ3) is 5.09. The Kier molecular flexibility index (Phi) is 7.51. The Morgan fingerprint density at radius 1 is 0.773 bits per heavy atom. The lowest BCUT2D eigenvalue weighted by atomic mass is 10.0. The Morgan fingerprint density at radius 2 is 1.50 bits per heavy atom. The molecule has 2 aromatic heterocycles. The van der Waals surface area contributed by atoms with Gasteiger partial charge in [0.2, 0.25) is 5.95 Å². The second-order valence-electron chi connectivity index (χ2n) is 11.4. The van der Waals surface area contributed by atoms with Crippen LogP contribution in [0, 0.1) is 6.92 Å². The van der Waals surface area contributed by atoms with Gasteiger partial charge in [-0.3, -0.25) is 9.36 Å².